The van der Waals surface area contributed by atoms with Crippen LogP contribution in [0.1, 0.15) is 18.4 Å². The van der Waals surface area contributed by atoms with E-state index in [2.05, 4.69) is 5.32 Å². The van der Waals surface area contributed by atoms with Gasteiger partial charge in [0.15, 0.2) is 0 Å². The molecular weight excluding hydrogens is 398 g/mol. The standard InChI is InChI=1S/C19H17N3O6S/c1-10(23)28-8-12-9-29-18-14(17(25)22(18)15(12)19(26)27)21-16(24)13(7-20)11-5-3-2-4-6-11/h2-6,13-14,18H,8-9H2,1H3,(H,21,24)(H,26,27). The molecule has 0 radical (unpaired) electrons. The quantitative estimate of drug-likeness (QED) is 0.509. The summed E-state index contributed by atoms with van der Waals surface area (Å²) < 4.78 is 4.87. The molecule has 150 valence electrons. The van der Waals surface area contributed by atoms with Crippen molar-refractivity contribution in [3.05, 3.63) is 47.2 Å². The Morgan fingerprint density at radius 3 is 2.66 bits per heavy atom. The number of carbonyl (C=O) groups excluding carboxylic acids is 3. The largest absolute Gasteiger partial charge is 0.477 e. The maximum Gasteiger partial charge on any atom is 0.352 e. The van der Waals surface area contributed by atoms with Gasteiger partial charge in [-0.25, -0.2) is 4.79 Å². The monoisotopic (exact) mass is 415 g/mol. The van der Waals surface area contributed by atoms with Crippen LogP contribution in [0.3, 0.4) is 0 Å². The average Bonchev–Trinajstić information content (AvgIpc) is 2.70. The predicted molar refractivity (Wildman–Crippen MR) is 101 cm³/mol. The smallest absolute Gasteiger partial charge is 0.352 e. The lowest BCUT2D eigenvalue weighted by atomic mass is 9.97. The molecule has 29 heavy (non-hydrogen) atoms. The third kappa shape index (κ3) is 3.95. The van der Waals surface area contributed by atoms with E-state index in [0.717, 1.165) is 4.90 Å². The molecule has 3 atom stereocenters. The maximum atomic E-state index is 12.6. The average molecular weight is 415 g/mol. The first-order valence-electron chi connectivity index (χ1n) is 8.63. The van der Waals surface area contributed by atoms with Gasteiger partial charge in [-0.2, -0.15) is 5.26 Å². The van der Waals surface area contributed by atoms with Crippen LogP contribution in [-0.2, 0) is 23.9 Å². The van der Waals surface area contributed by atoms with Crippen molar-refractivity contribution < 1.29 is 29.0 Å². The summed E-state index contributed by atoms with van der Waals surface area (Å²) in [5, 5.41) is 20.9. The van der Waals surface area contributed by atoms with E-state index in [-0.39, 0.29) is 18.1 Å². The number of fused-ring (bicyclic) bond motifs is 1. The minimum Gasteiger partial charge on any atom is -0.477 e. The molecule has 1 fully saturated rings. The van der Waals surface area contributed by atoms with Crippen molar-refractivity contribution in [1.82, 2.24) is 10.2 Å². The molecule has 0 spiro atoms. The topological polar surface area (TPSA) is 137 Å². The zero-order valence-electron chi connectivity index (χ0n) is 15.3. The highest BCUT2D eigenvalue weighted by atomic mass is 32.2. The van der Waals surface area contributed by atoms with Crippen LogP contribution in [0, 0.1) is 11.3 Å². The molecule has 2 aliphatic heterocycles. The number of carboxylic acid groups (broad SMARTS) is 1. The second-order valence-corrected chi connectivity index (χ2v) is 7.51. The van der Waals surface area contributed by atoms with Gasteiger partial charge in [0.2, 0.25) is 5.91 Å². The van der Waals surface area contributed by atoms with Crippen LogP contribution in [-0.4, -0.2) is 57.5 Å². The lowest BCUT2D eigenvalue weighted by Gasteiger charge is -2.49. The van der Waals surface area contributed by atoms with Crippen LogP contribution in [0.4, 0.5) is 0 Å². The van der Waals surface area contributed by atoms with E-state index in [4.69, 9.17) is 4.74 Å². The van der Waals surface area contributed by atoms with Crippen LogP contribution in [0.5, 0.6) is 0 Å². The first kappa shape index (κ1) is 20.4. The van der Waals surface area contributed by atoms with Crippen molar-refractivity contribution in [2.24, 2.45) is 0 Å². The fourth-order valence-electron chi connectivity index (χ4n) is 3.15. The predicted octanol–water partition coefficient (Wildman–Crippen LogP) is 0.595. The molecule has 3 rings (SSSR count). The van der Waals surface area contributed by atoms with Gasteiger partial charge in [-0.3, -0.25) is 19.3 Å². The Morgan fingerprint density at radius 1 is 1.38 bits per heavy atom. The molecule has 0 aliphatic carbocycles. The van der Waals surface area contributed by atoms with E-state index < -0.39 is 41.1 Å². The third-order valence-corrected chi connectivity index (χ3v) is 5.86. The van der Waals surface area contributed by atoms with Crippen LogP contribution in [0.2, 0.25) is 0 Å². The molecule has 1 saturated heterocycles. The molecule has 9 nitrogen and oxygen atoms in total. The highest BCUT2D eigenvalue weighted by molar-refractivity contribution is 8.00. The van der Waals surface area contributed by atoms with Gasteiger partial charge in [-0.05, 0) is 5.56 Å². The van der Waals surface area contributed by atoms with Crippen LogP contribution < -0.4 is 5.32 Å². The number of aliphatic carboxylic acids is 1. The molecule has 2 N–H and O–H groups in total. The summed E-state index contributed by atoms with van der Waals surface area (Å²) in [6.45, 7) is 0.987. The number of nitrogens with zero attached hydrogens (tertiary/aromatic N) is 2. The number of ether oxygens (including phenoxy) is 1. The Labute approximate surface area is 170 Å². The van der Waals surface area contributed by atoms with Gasteiger partial charge in [0.25, 0.3) is 5.91 Å². The Balaban J connectivity index is 1.75. The van der Waals surface area contributed by atoms with Crippen LogP contribution >= 0.6 is 11.8 Å². The number of esters is 1. The molecule has 2 aliphatic rings. The van der Waals surface area contributed by atoms with Gasteiger partial charge >= 0.3 is 11.9 Å². The number of thioether (sulfide) groups is 1. The molecule has 0 aromatic heterocycles. The Hall–Kier alpha value is -3.32. The lowest BCUT2D eigenvalue weighted by molar-refractivity contribution is -0.151. The van der Waals surface area contributed by atoms with E-state index in [9.17, 15) is 29.5 Å². The number of rotatable bonds is 6. The van der Waals surface area contributed by atoms with Gasteiger partial charge in [-0.1, -0.05) is 30.3 Å². The number of amides is 2. The van der Waals surface area contributed by atoms with E-state index in [1.165, 1.54) is 18.7 Å². The maximum absolute atomic E-state index is 12.6. The highest BCUT2D eigenvalue weighted by Crippen LogP contribution is 2.40. The summed E-state index contributed by atoms with van der Waals surface area (Å²) in [4.78, 5) is 48.9. The van der Waals surface area contributed by atoms with Crippen molar-refractivity contribution in [3.8, 4) is 6.07 Å². The van der Waals surface area contributed by atoms with E-state index >= 15 is 0 Å². The zero-order valence-corrected chi connectivity index (χ0v) is 16.1. The second-order valence-electron chi connectivity index (χ2n) is 6.41. The molecule has 2 heterocycles. The van der Waals surface area contributed by atoms with Gasteiger partial charge in [0.05, 0.1) is 6.07 Å². The van der Waals surface area contributed by atoms with E-state index in [1.807, 2.05) is 6.07 Å². The van der Waals surface area contributed by atoms with Crippen LogP contribution in [0.15, 0.2) is 41.6 Å². The van der Waals surface area contributed by atoms with Crippen LogP contribution in [0.25, 0.3) is 0 Å². The molecule has 2 amide bonds. The molecule has 10 heteroatoms. The Morgan fingerprint density at radius 2 is 2.07 bits per heavy atom. The molecule has 1 aromatic carbocycles. The first-order chi connectivity index (χ1) is 13.8. The number of hydrogen-bond donors (Lipinski definition) is 2. The zero-order chi connectivity index (χ0) is 21.1. The fraction of sp³-hybridized carbons (Fsp3) is 0.316. The number of benzene rings is 1. The third-order valence-electron chi connectivity index (χ3n) is 4.52. The second kappa shape index (κ2) is 8.36. The number of β-lactam (4-membered cyclic amide) rings is 1. The highest BCUT2D eigenvalue weighted by Gasteiger charge is 2.54. The summed E-state index contributed by atoms with van der Waals surface area (Å²) in [6.07, 6.45) is 0. The molecule has 1 aromatic rings. The lowest BCUT2D eigenvalue weighted by Crippen LogP contribution is -2.70. The number of nitriles is 1. The first-order valence-corrected chi connectivity index (χ1v) is 9.68. The van der Waals surface area contributed by atoms with Crippen molar-refractivity contribution in [2.75, 3.05) is 12.4 Å². The summed E-state index contributed by atoms with van der Waals surface area (Å²) in [6, 6.07) is 9.44. The number of nitrogens with one attached hydrogen (secondary N) is 1. The number of hydrogen-bond acceptors (Lipinski definition) is 7. The summed E-state index contributed by atoms with van der Waals surface area (Å²) in [5.41, 5.74) is 0.582. The van der Waals surface area contributed by atoms with Crippen molar-refractivity contribution >= 4 is 35.5 Å². The van der Waals surface area contributed by atoms with E-state index in [1.54, 1.807) is 30.3 Å². The van der Waals surface area contributed by atoms with Crippen molar-refractivity contribution in [3.63, 3.8) is 0 Å². The van der Waals surface area contributed by atoms with Gasteiger partial charge < -0.3 is 15.2 Å². The summed E-state index contributed by atoms with van der Waals surface area (Å²) in [5.74, 6) is -3.92. The molecular formula is C19H17N3O6S. The normalized spacial score (nSPS) is 21.4. The summed E-state index contributed by atoms with van der Waals surface area (Å²) >= 11 is 1.26. The fourth-order valence-corrected chi connectivity index (χ4v) is 4.48. The minimum absolute atomic E-state index is 0.220. The number of carbonyl (C=O) groups is 4. The Bertz CT molecular complexity index is 939. The Kier molecular flexibility index (Phi) is 5.89. The van der Waals surface area contributed by atoms with Crippen molar-refractivity contribution in [1.29, 1.82) is 5.26 Å². The van der Waals surface area contributed by atoms with Gasteiger partial charge in [-0.15, -0.1) is 11.8 Å². The molecule has 3 unspecified atom stereocenters. The summed E-state index contributed by atoms with van der Waals surface area (Å²) in [7, 11) is 0. The van der Waals surface area contributed by atoms with Crippen molar-refractivity contribution in [2.45, 2.75) is 24.3 Å². The molecule has 0 bridgehead atoms. The van der Waals surface area contributed by atoms with E-state index in [0.29, 0.717) is 11.1 Å². The molecule has 0 saturated carbocycles. The van der Waals surface area contributed by atoms with Gasteiger partial charge in [0, 0.05) is 18.2 Å². The minimum atomic E-state index is -1.31. The SMILES string of the molecule is CC(=O)OCC1=C(C(=O)O)N2C(=O)C(NC(=O)C(C#N)c3ccccc3)C2SC1. The number of carboxylic acids is 1. The van der Waals surface area contributed by atoms with Gasteiger partial charge in [0.1, 0.15) is 29.6 Å².